The minimum atomic E-state index is -0.680. The van der Waals surface area contributed by atoms with Crippen molar-refractivity contribution >= 4 is 77.5 Å². The number of hydrogen-bond acceptors (Lipinski definition) is 3. The largest absolute Gasteiger partial charge is 0.461 e. The van der Waals surface area contributed by atoms with E-state index >= 15 is 0 Å². The smallest absolute Gasteiger partial charge is 0.137 e. The summed E-state index contributed by atoms with van der Waals surface area (Å²) in [5.41, 5.74) is 14.8. The number of aromatic nitrogens is 1. The van der Waals surface area contributed by atoms with Gasteiger partial charge >= 0.3 is 0 Å². The molecule has 3 heterocycles. The van der Waals surface area contributed by atoms with Gasteiger partial charge in [0, 0.05) is 44.5 Å². The van der Waals surface area contributed by atoms with Crippen molar-refractivity contribution in [1.82, 2.24) is 4.57 Å². The van der Waals surface area contributed by atoms with E-state index in [1.807, 2.05) is 13.0 Å². The van der Waals surface area contributed by atoms with E-state index in [1.54, 1.807) is 0 Å². The van der Waals surface area contributed by atoms with Crippen molar-refractivity contribution in [3.8, 4) is 28.3 Å². The van der Waals surface area contributed by atoms with Crippen molar-refractivity contribution in [2.24, 2.45) is 0 Å². The molecule has 1 aliphatic heterocycles. The molecular weight excluding hydrogens is 805 g/mol. The normalized spacial score (nSPS) is 13.2. The number of nitrogens with zero attached hydrogens (tertiary/aromatic N) is 2. The van der Waals surface area contributed by atoms with Gasteiger partial charge in [0.2, 0.25) is 0 Å². The van der Waals surface area contributed by atoms with Crippen LogP contribution in [0.2, 0.25) is 0 Å². The average molecular weight is 845 g/mol. The van der Waals surface area contributed by atoms with E-state index in [0.29, 0.717) is 0 Å². The average Bonchev–Trinajstić information content (AvgIpc) is 3.88. The summed E-state index contributed by atoms with van der Waals surface area (Å²) in [5, 5.41) is 8.29. The van der Waals surface area contributed by atoms with Gasteiger partial charge in [0.25, 0.3) is 0 Å². The highest BCUT2D eigenvalue weighted by Gasteiger charge is 2.49. The molecule has 4 nitrogen and oxygen atoms in total. The van der Waals surface area contributed by atoms with Crippen LogP contribution in [-0.2, 0) is 5.41 Å². The standard InChI is InChI=1S/C62H40N2O2/c1-3-45-38(2)65-59-28-14-25-55(61(45)59)64-54-24-9-6-19-47(54)48-34-32-44(37-56(48)64)63(42-30-29-39-15-4-5-16-41(39)35-42)43-31-33-46-49-20-12-17-40-18-13-23-52(60(40)49)62(53(46)36-43)50-21-7-10-26-57(50)66-58-27-11-8-22-51(58)62/h3-37H,1H2,2H3. The molecule has 1 spiro atoms. The first kappa shape index (κ1) is 36.8. The molecule has 0 atom stereocenters. The number of benzene rings is 10. The van der Waals surface area contributed by atoms with Crippen LogP contribution in [0.3, 0.4) is 0 Å². The molecule has 310 valence electrons. The van der Waals surface area contributed by atoms with Crippen LogP contribution < -0.4 is 9.64 Å². The molecule has 1 aliphatic carbocycles. The first-order valence-corrected chi connectivity index (χ1v) is 22.6. The molecule has 4 heteroatoms. The van der Waals surface area contributed by atoms with E-state index < -0.39 is 5.41 Å². The van der Waals surface area contributed by atoms with E-state index in [0.717, 1.165) is 78.7 Å². The summed E-state index contributed by atoms with van der Waals surface area (Å²) in [5.74, 6) is 2.60. The maximum atomic E-state index is 6.79. The number of fused-ring (bicyclic) bond motifs is 13. The van der Waals surface area contributed by atoms with Crippen molar-refractivity contribution in [2.75, 3.05) is 4.90 Å². The summed E-state index contributed by atoms with van der Waals surface area (Å²) in [4.78, 5) is 2.44. The van der Waals surface area contributed by atoms with E-state index in [-0.39, 0.29) is 0 Å². The van der Waals surface area contributed by atoms with Crippen LogP contribution in [0.5, 0.6) is 11.5 Å². The van der Waals surface area contributed by atoms with E-state index in [9.17, 15) is 0 Å². The molecule has 0 radical (unpaired) electrons. The molecule has 0 unspecified atom stereocenters. The highest BCUT2D eigenvalue weighted by Crippen LogP contribution is 2.62. The molecule has 66 heavy (non-hydrogen) atoms. The Balaban J connectivity index is 1.09. The zero-order valence-electron chi connectivity index (χ0n) is 36.1. The number of hydrogen-bond donors (Lipinski definition) is 0. The van der Waals surface area contributed by atoms with Gasteiger partial charge < -0.3 is 18.6 Å². The summed E-state index contributed by atoms with van der Waals surface area (Å²) in [6.07, 6.45) is 1.92. The molecule has 0 saturated heterocycles. The molecule has 0 N–H and O–H groups in total. The molecule has 2 aliphatic rings. The second-order valence-corrected chi connectivity index (χ2v) is 17.6. The van der Waals surface area contributed by atoms with Gasteiger partial charge in [-0.15, -0.1) is 0 Å². The number of ether oxygens (including phenoxy) is 1. The predicted molar refractivity (Wildman–Crippen MR) is 272 cm³/mol. The minimum Gasteiger partial charge on any atom is -0.461 e. The molecule has 2 aromatic heterocycles. The van der Waals surface area contributed by atoms with Crippen LogP contribution in [0.1, 0.15) is 33.6 Å². The predicted octanol–water partition coefficient (Wildman–Crippen LogP) is 16.7. The molecule has 0 saturated carbocycles. The van der Waals surface area contributed by atoms with Crippen molar-refractivity contribution in [3.05, 3.63) is 246 Å². The Morgan fingerprint density at radius 1 is 0.485 bits per heavy atom. The number of rotatable bonds is 5. The Hall–Kier alpha value is -8.60. The summed E-state index contributed by atoms with van der Waals surface area (Å²) >= 11 is 0. The van der Waals surface area contributed by atoms with Gasteiger partial charge in [-0.3, -0.25) is 0 Å². The van der Waals surface area contributed by atoms with E-state index in [4.69, 9.17) is 9.15 Å². The van der Waals surface area contributed by atoms with Crippen molar-refractivity contribution in [1.29, 1.82) is 0 Å². The van der Waals surface area contributed by atoms with Crippen LogP contribution in [0, 0.1) is 6.92 Å². The van der Waals surface area contributed by atoms with Gasteiger partial charge in [0.05, 0.1) is 27.5 Å². The van der Waals surface area contributed by atoms with E-state index in [1.165, 1.54) is 54.6 Å². The Morgan fingerprint density at radius 2 is 1.12 bits per heavy atom. The SMILES string of the molecule is C=Cc1c(C)oc2cccc(-n3c4ccccc4c4ccc(N(c5ccc6c(c5)C5(c7ccccc7Oc7ccccc75)c5cccc7cccc-6c57)c5ccc6ccccc6c5)cc43)c12. The first-order chi connectivity index (χ1) is 32.6. The fourth-order valence-electron chi connectivity index (χ4n) is 11.6. The fraction of sp³-hybridized carbons (Fsp3) is 0.0323. The third-order valence-corrected chi connectivity index (χ3v) is 14.3. The van der Waals surface area contributed by atoms with Crippen molar-refractivity contribution in [3.63, 3.8) is 0 Å². The number of furan rings is 1. The minimum absolute atomic E-state index is 0.680. The molecule has 12 aromatic rings. The van der Waals surface area contributed by atoms with Gasteiger partial charge in [-0.05, 0) is 117 Å². The maximum absolute atomic E-state index is 6.79. The lowest BCUT2D eigenvalue weighted by Gasteiger charge is -2.45. The highest BCUT2D eigenvalue weighted by atomic mass is 16.5. The third kappa shape index (κ3) is 4.93. The zero-order chi connectivity index (χ0) is 43.7. The van der Waals surface area contributed by atoms with Crippen LogP contribution in [0.4, 0.5) is 17.1 Å². The quantitative estimate of drug-likeness (QED) is 0.173. The number of aryl methyl sites for hydroxylation is 1. The monoisotopic (exact) mass is 844 g/mol. The van der Waals surface area contributed by atoms with Gasteiger partial charge in [-0.1, -0.05) is 152 Å². The van der Waals surface area contributed by atoms with Crippen LogP contribution in [0.15, 0.2) is 217 Å². The molecular formula is C62H40N2O2. The second-order valence-electron chi connectivity index (χ2n) is 17.6. The molecule has 10 aromatic carbocycles. The van der Waals surface area contributed by atoms with Crippen LogP contribution in [-0.4, -0.2) is 4.57 Å². The lowest BCUT2D eigenvalue weighted by atomic mass is 9.58. The topological polar surface area (TPSA) is 30.5 Å². The maximum Gasteiger partial charge on any atom is 0.137 e. The Bertz CT molecular complexity index is 3990. The van der Waals surface area contributed by atoms with Crippen LogP contribution >= 0.6 is 0 Å². The summed E-state index contributed by atoms with van der Waals surface area (Å²) in [7, 11) is 0. The summed E-state index contributed by atoms with van der Waals surface area (Å²) in [6, 6.07) is 75.4. The van der Waals surface area contributed by atoms with Gasteiger partial charge in [0.15, 0.2) is 0 Å². The molecule has 0 fully saturated rings. The number of anilines is 3. The highest BCUT2D eigenvalue weighted by molar-refractivity contribution is 6.12. The van der Waals surface area contributed by atoms with Gasteiger partial charge in [-0.25, -0.2) is 0 Å². The zero-order valence-corrected chi connectivity index (χ0v) is 36.1. The third-order valence-electron chi connectivity index (χ3n) is 14.3. The fourth-order valence-corrected chi connectivity index (χ4v) is 11.6. The first-order valence-electron chi connectivity index (χ1n) is 22.6. The summed E-state index contributed by atoms with van der Waals surface area (Å²) < 4.78 is 15.5. The van der Waals surface area contributed by atoms with Gasteiger partial charge in [-0.2, -0.15) is 0 Å². The van der Waals surface area contributed by atoms with Crippen molar-refractivity contribution < 1.29 is 9.15 Å². The Morgan fingerprint density at radius 3 is 1.95 bits per heavy atom. The summed E-state index contributed by atoms with van der Waals surface area (Å²) in [6.45, 7) is 6.23. The molecule has 14 rings (SSSR count). The number of para-hydroxylation sites is 3. The lowest BCUT2D eigenvalue weighted by molar-refractivity contribution is 0.435. The van der Waals surface area contributed by atoms with Crippen molar-refractivity contribution in [2.45, 2.75) is 12.3 Å². The Labute approximate surface area is 381 Å². The molecule has 0 bridgehead atoms. The van der Waals surface area contributed by atoms with Gasteiger partial charge in [0.1, 0.15) is 22.8 Å². The lowest BCUT2D eigenvalue weighted by Crippen LogP contribution is -2.36. The Kier molecular flexibility index (Phi) is 7.65. The van der Waals surface area contributed by atoms with E-state index in [2.05, 4.69) is 222 Å². The van der Waals surface area contributed by atoms with Crippen LogP contribution in [0.25, 0.3) is 77.2 Å². The second kappa shape index (κ2) is 13.7. The molecule has 0 amide bonds.